The Morgan fingerprint density at radius 2 is 1.91 bits per heavy atom. The summed E-state index contributed by atoms with van der Waals surface area (Å²) in [5, 5.41) is 11.8. The number of aromatic amines is 1. The SMILES string of the molecule is O=C(NCCN1CCC(n2c(=O)[nH]c3ccccc32)CC1)c1cscn1.O=C(O)C(F)(F)F. The third-order valence-electron chi connectivity index (χ3n) is 5.17. The fourth-order valence-corrected chi connectivity index (χ4v) is 4.11. The number of benzene rings is 1. The van der Waals surface area contributed by atoms with Crippen LogP contribution >= 0.6 is 11.3 Å². The number of piperidine rings is 1. The number of aromatic nitrogens is 3. The summed E-state index contributed by atoms with van der Waals surface area (Å²) in [6, 6.07) is 8.05. The molecule has 9 nitrogen and oxygen atoms in total. The first-order chi connectivity index (χ1) is 15.7. The summed E-state index contributed by atoms with van der Waals surface area (Å²) < 4.78 is 33.6. The first kappa shape index (κ1) is 24.5. The fourth-order valence-electron chi connectivity index (χ4n) is 3.58. The zero-order chi connectivity index (χ0) is 24.0. The second-order valence-electron chi connectivity index (χ2n) is 7.32. The van der Waals surface area contributed by atoms with Gasteiger partial charge >= 0.3 is 17.8 Å². The molecule has 3 N–H and O–H groups in total. The molecule has 0 radical (unpaired) electrons. The van der Waals surface area contributed by atoms with Gasteiger partial charge in [-0.05, 0) is 25.0 Å². The number of nitrogens with one attached hydrogen (secondary N) is 2. The maximum Gasteiger partial charge on any atom is 0.490 e. The maximum absolute atomic E-state index is 12.3. The van der Waals surface area contributed by atoms with Crippen molar-refractivity contribution in [2.75, 3.05) is 26.2 Å². The summed E-state index contributed by atoms with van der Waals surface area (Å²) in [5.74, 6) is -2.88. The highest BCUT2D eigenvalue weighted by molar-refractivity contribution is 7.07. The number of thiazole rings is 1. The molecule has 3 heterocycles. The number of rotatable bonds is 5. The fraction of sp³-hybridized carbons (Fsp3) is 0.400. The van der Waals surface area contributed by atoms with E-state index in [1.807, 2.05) is 28.8 Å². The van der Waals surface area contributed by atoms with Gasteiger partial charge in [0.2, 0.25) is 0 Å². The van der Waals surface area contributed by atoms with Gasteiger partial charge < -0.3 is 20.3 Å². The Hall–Kier alpha value is -3.19. The molecule has 1 fully saturated rings. The van der Waals surface area contributed by atoms with Gasteiger partial charge in [0, 0.05) is 37.6 Å². The standard InChI is InChI=1S/C18H21N5O2S.C2HF3O2/c24-17(15-11-26-12-20-15)19-7-10-22-8-5-13(6-9-22)23-16-4-2-1-3-14(16)21-18(23)25;3-2(4,5)1(6)7/h1-4,11-13H,5-10H2,(H,19,24)(H,21,25);(H,6,7). The minimum absolute atomic E-state index is 0.0276. The van der Waals surface area contributed by atoms with E-state index in [-0.39, 0.29) is 17.6 Å². The summed E-state index contributed by atoms with van der Waals surface area (Å²) in [6.07, 6.45) is -3.22. The Labute approximate surface area is 189 Å². The van der Waals surface area contributed by atoms with E-state index in [0.29, 0.717) is 12.2 Å². The molecule has 33 heavy (non-hydrogen) atoms. The van der Waals surface area contributed by atoms with Gasteiger partial charge in [0.05, 0.1) is 16.5 Å². The molecule has 0 saturated carbocycles. The number of carbonyl (C=O) groups is 2. The molecule has 1 aliphatic heterocycles. The van der Waals surface area contributed by atoms with Crippen molar-refractivity contribution in [1.82, 2.24) is 24.8 Å². The molecule has 1 saturated heterocycles. The highest BCUT2D eigenvalue weighted by Gasteiger charge is 2.38. The van der Waals surface area contributed by atoms with E-state index in [9.17, 15) is 22.8 Å². The molecular formula is C20H22F3N5O4S. The third kappa shape index (κ3) is 6.42. The molecular weight excluding hydrogens is 463 g/mol. The lowest BCUT2D eigenvalue weighted by molar-refractivity contribution is -0.192. The second-order valence-corrected chi connectivity index (χ2v) is 8.04. The molecule has 0 unspecified atom stereocenters. The summed E-state index contributed by atoms with van der Waals surface area (Å²) >= 11 is 1.42. The van der Waals surface area contributed by atoms with Crippen molar-refractivity contribution in [3.05, 3.63) is 51.3 Å². The van der Waals surface area contributed by atoms with Crippen molar-refractivity contribution < 1.29 is 27.9 Å². The van der Waals surface area contributed by atoms with Crippen LogP contribution in [0, 0.1) is 0 Å². The number of likely N-dealkylation sites (tertiary alicyclic amines) is 1. The second kappa shape index (κ2) is 10.6. The molecule has 0 spiro atoms. The predicted octanol–water partition coefficient (Wildman–Crippen LogP) is 2.49. The van der Waals surface area contributed by atoms with Crippen LogP contribution in [0.3, 0.4) is 0 Å². The average Bonchev–Trinajstić information content (AvgIpc) is 3.41. The van der Waals surface area contributed by atoms with Crippen LogP contribution in [0.5, 0.6) is 0 Å². The highest BCUT2D eigenvalue weighted by atomic mass is 32.1. The van der Waals surface area contributed by atoms with Gasteiger partial charge in [-0.3, -0.25) is 9.36 Å². The molecule has 0 atom stereocenters. The number of nitrogens with zero attached hydrogens (tertiary/aromatic N) is 3. The number of fused-ring (bicyclic) bond motifs is 1. The van der Waals surface area contributed by atoms with E-state index in [1.165, 1.54) is 11.3 Å². The van der Waals surface area contributed by atoms with Gasteiger partial charge in [0.25, 0.3) is 5.91 Å². The van der Waals surface area contributed by atoms with E-state index in [0.717, 1.165) is 43.5 Å². The van der Waals surface area contributed by atoms with Crippen molar-refractivity contribution >= 4 is 34.2 Å². The van der Waals surface area contributed by atoms with E-state index in [2.05, 4.69) is 20.2 Å². The zero-order valence-corrected chi connectivity index (χ0v) is 18.2. The van der Waals surface area contributed by atoms with Gasteiger partial charge in [0.1, 0.15) is 5.69 Å². The molecule has 178 valence electrons. The van der Waals surface area contributed by atoms with E-state index < -0.39 is 12.1 Å². The zero-order valence-electron chi connectivity index (χ0n) is 17.3. The van der Waals surface area contributed by atoms with Crippen LogP contribution in [0.1, 0.15) is 29.4 Å². The Bertz CT molecular complexity index is 1130. The number of carboxylic acid groups (broad SMARTS) is 1. The lowest BCUT2D eigenvalue weighted by atomic mass is 10.0. The van der Waals surface area contributed by atoms with Crippen LogP contribution in [0.15, 0.2) is 40.0 Å². The molecule has 2 aromatic heterocycles. The number of H-pyrrole nitrogens is 1. The summed E-state index contributed by atoms with van der Waals surface area (Å²) in [5.41, 5.74) is 3.98. The summed E-state index contributed by atoms with van der Waals surface area (Å²) in [7, 11) is 0. The smallest absolute Gasteiger partial charge is 0.475 e. The van der Waals surface area contributed by atoms with Gasteiger partial charge in [0.15, 0.2) is 0 Å². The minimum Gasteiger partial charge on any atom is -0.475 e. The number of imidazole rings is 1. The van der Waals surface area contributed by atoms with Gasteiger partial charge in [-0.15, -0.1) is 11.3 Å². The third-order valence-corrected chi connectivity index (χ3v) is 5.75. The predicted molar refractivity (Wildman–Crippen MR) is 115 cm³/mol. The maximum atomic E-state index is 12.3. The normalized spacial score (nSPS) is 15.1. The molecule has 1 aliphatic rings. The van der Waals surface area contributed by atoms with E-state index >= 15 is 0 Å². The number of para-hydroxylation sites is 2. The summed E-state index contributed by atoms with van der Waals surface area (Å²) in [6.45, 7) is 3.26. The van der Waals surface area contributed by atoms with E-state index in [1.54, 1.807) is 10.9 Å². The van der Waals surface area contributed by atoms with Gasteiger partial charge in [-0.25, -0.2) is 14.6 Å². The average molecular weight is 485 g/mol. The summed E-state index contributed by atoms with van der Waals surface area (Å²) in [4.78, 5) is 42.4. The highest BCUT2D eigenvalue weighted by Crippen LogP contribution is 2.24. The molecule has 0 bridgehead atoms. The molecule has 13 heteroatoms. The van der Waals surface area contributed by atoms with Crippen LogP contribution in [-0.2, 0) is 4.79 Å². The van der Waals surface area contributed by atoms with Crippen molar-refractivity contribution in [3.8, 4) is 0 Å². The Morgan fingerprint density at radius 3 is 2.52 bits per heavy atom. The van der Waals surface area contributed by atoms with Crippen LogP contribution < -0.4 is 11.0 Å². The first-order valence-electron chi connectivity index (χ1n) is 10.0. The molecule has 0 aliphatic carbocycles. The minimum atomic E-state index is -5.08. The van der Waals surface area contributed by atoms with E-state index in [4.69, 9.17) is 9.90 Å². The molecule has 4 rings (SSSR count). The number of alkyl halides is 3. The number of carbonyl (C=O) groups excluding carboxylic acids is 1. The van der Waals surface area contributed by atoms with Crippen LogP contribution in [0.4, 0.5) is 13.2 Å². The van der Waals surface area contributed by atoms with Crippen LogP contribution in [0.25, 0.3) is 11.0 Å². The Kier molecular flexibility index (Phi) is 7.87. The number of carboxylic acids is 1. The van der Waals surface area contributed by atoms with Crippen molar-refractivity contribution in [1.29, 1.82) is 0 Å². The topological polar surface area (TPSA) is 120 Å². The molecule has 3 aromatic rings. The van der Waals surface area contributed by atoms with Gasteiger partial charge in [-0.2, -0.15) is 13.2 Å². The number of aliphatic carboxylic acids is 1. The number of hydrogen-bond acceptors (Lipinski definition) is 6. The molecule has 1 aromatic carbocycles. The van der Waals surface area contributed by atoms with Gasteiger partial charge in [-0.1, -0.05) is 12.1 Å². The van der Waals surface area contributed by atoms with Crippen molar-refractivity contribution in [2.24, 2.45) is 0 Å². The van der Waals surface area contributed by atoms with Crippen LogP contribution in [0.2, 0.25) is 0 Å². The number of halogens is 3. The van der Waals surface area contributed by atoms with Crippen LogP contribution in [-0.4, -0.2) is 68.8 Å². The Balaban J connectivity index is 0.000000383. The molecule has 1 amide bonds. The van der Waals surface area contributed by atoms with Crippen molar-refractivity contribution in [3.63, 3.8) is 0 Å². The largest absolute Gasteiger partial charge is 0.490 e. The quantitative estimate of drug-likeness (QED) is 0.511. The lowest BCUT2D eigenvalue weighted by Gasteiger charge is -2.32. The monoisotopic (exact) mass is 485 g/mol. The lowest BCUT2D eigenvalue weighted by Crippen LogP contribution is -2.41. The number of amides is 1. The van der Waals surface area contributed by atoms with Crippen molar-refractivity contribution in [2.45, 2.75) is 25.1 Å². The Morgan fingerprint density at radius 1 is 1.24 bits per heavy atom. The number of hydrogen-bond donors (Lipinski definition) is 3. The first-order valence-corrected chi connectivity index (χ1v) is 11.0.